The monoisotopic (exact) mass is 288 g/mol. The van der Waals surface area contributed by atoms with Crippen molar-refractivity contribution in [3.63, 3.8) is 0 Å². The predicted octanol–water partition coefficient (Wildman–Crippen LogP) is -0.210. The summed E-state index contributed by atoms with van der Waals surface area (Å²) >= 11 is 0. The Morgan fingerprint density at radius 1 is 1.38 bits per heavy atom. The first-order chi connectivity index (χ1) is 10.2. The van der Waals surface area contributed by atoms with Crippen molar-refractivity contribution in [3.8, 4) is 5.95 Å². The Morgan fingerprint density at radius 2 is 2.24 bits per heavy atom. The van der Waals surface area contributed by atoms with Gasteiger partial charge in [0.1, 0.15) is 6.33 Å². The zero-order chi connectivity index (χ0) is 14.7. The van der Waals surface area contributed by atoms with Gasteiger partial charge in [-0.15, -0.1) is 0 Å². The van der Waals surface area contributed by atoms with E-state index in [0.717, 1.165) is 6.42 Å². The molecule has 110 valence electrons. The van der Waals surface area contributed by atoms with E-state index in [1.165, 1.54) is 0 Å². The summed E-state index contributed by atoms with van der Waals surface area (Å²) in [6.07, 6.45) is 6.44. The number of imidazole rings is 1. The molecule has 9 nitrogen and oxygen atoms in total. The lowest BCUT2D eigenvalue weighted by molar-refractivity contribution is -0.119. The highest BCUT2D eigenvalue weighted by atomic mass is 16.1. The van der Waals surface area contributed by atoms with E-state index in [0.29, 0.717) is 30.8 Å². The van der Waals surface area contributed by atoms with Crippen molar-refractivity contribution < 1.29 is 4.79 Å². The fourth-order valence-corrected chi connectivity index (χ4v) is 2.09. The van der Waals surface area contributed by atoms with Crippen LogP contribution in [-0.2, 0) is 4.79 Å². The molecular weight excluding hydrogens is 272 g/mol. The molecular formula is C12H16N8O. The Bertz CT molecular complexity index is 626. The Morgan fingerprint density at radius 3 is 2.90 bits per heavy atom. The van der Waals surface area contributed by atoms with E-state index >= 15 is 0 Å². The smallest absolute Gasteiger partial charge is 0.241 e. The summed E-state index contributed by atoms with van der Waals surface area (Å²) in [5, 5.41) is 8.92. The lowest BCUT2D eigenvalue weighted by Gasteiger charge is -2.12. The number of hydrogen-bond donors (Lipinski definition) is 3. The van der Waals surface area contributed by atoms with E-state index < -0.39 is 0 Å². The maximum Gasteiger partial charge on any atom is 0.241 e. The molecule has 3 rings (SSSR count). The van der Waals surface area contributed by atoms with Crippen LogP contribution in [0.1, 0.15) is 12.8 Å². The third kappa shape index (κ3) is 3.07. The number of carbonyl (C=O) groups is 1. The van der Waals surface area contributed by atoms with Gasteiger partial charge in [-0.05, 0) is 6.42 Å². The van der Waals surface area contributed by atoms with Crippen LogP contribution in [0, 0.1) is 0 Å². The van der Waals surface area contributed by atoms with E-state index in [9.17, 15) is 4.79 Å². The molecule has 0 saturated carbocycles. The van der Waals surface area contributed by atoms with Crippen LogP contribution in [0.2, 0.25) is 0 Å². The predicted molar refractivity (Wildman–Crippen MR) is 76.2 cm³/mol. The van der Waals surface area contributed by atoms with Crippen molar-refractivity contribution >= 4 is 17.8 Å². The number of anilines is 2. The molecule has 3 N–H and O–H groups in total. The zero-order valence-electron chi connectivity index (χ0n) is 11.6. The quantitative estimate of drug-likeness (QED) is 0.698. The number of hydrogen-bond acceptors (Lipinski definition) is 7. The van der Waals surface area contributed by atoms with Crippen molar-refractivity contribution in [3.05, 3.63) is 18.7 Å². The van der Waals surface area contributed by atoms with Crippen molar-refractivity contribution in [2.24, 2.45) is 0 Å². The minimum Gasteiger partial charge on any atom is -0.357 e. The number of nitrogens with one attached hydrogen (secondary N) is 3. The summed E-state index contributed by atoms with van der Waals surface area (Å²) in [5.74, 6) is 1.49. The largest absolute Gasteiger partial charge is 0.357 e. The van der Waals surface area contributed by atoms with Crippen molar-refractivity contribution in [1.82, 2.24) is 29.8 Å². The first-order valence-corrected chi connectivity index (χ1v) is 6.70. The van der Waals surface area contributed by atoms with Gasteiger partial charge >= 0.3 is 0 Å². The molecule has 1 saturated heterocycles. The van der Waals surface area contributed by atoms with E-state index in [2.05, 4.69) is 35.9 Å². The number of nitrogens with zero attached hydrogens (tertiary/aromatic N) is 5. The highest BCUT2D eigenvalue weighted by Crippen LogP contribution is 2.11. The van der Waals surface area contributed by atoms with E-state index in [1.54, 1.807) is 30.3 Å². The van der Waals surface area contributed by atoms with E-state index in [4.69, 9.17) is 0 Å². The van der Waals surface area contributed by atoms with Gasteiger partial charge in [-0.2, -0.15) is 15.0 Å². The van der Waals surface area contributed by atoms with Crippen LogP contribution in [-0.4, -0.2) is 50.0 Å². The molecule has 0 spiro atoms. The lowest BCUT2D eigenvalue weighted by atomic mass is 10.2. The number of rotatable bonds is 5. The first kappa shape index (κ1) is 13.3. The summed E-state index contributed by atoms with van der Waals surface area (Å²) in [5.41, 5.74) is 0. The van der Waals surface area contributed by atoms with Gasteiger partial charge < -0.3 is 16.0 Å². The van der Waals surface area contributed by atoms with Crippen LogP contribution >= 0.6 is 0 Å². The Balaban J connectivity index is 1.75. The van der Waals surface area contributed by atoms with Crippen molar-refractivity contribution in [1.29, 1.82) is 0 Å². The van der Waals surface area contributed by atoms with E-state index in [-0.39, 0.29) is 11.9 Å². The molecule has 1 atom stereocenters. The molecule has 1 aliphatic heterocycles. The molecule has 0 aliphatic carbocycles. The molecule has 1 amide bonds. The van der Waals surface area contributed by atoms with Gasteiger partial charge in [0.2, 0.25) is 23.8 Å². The summed E-state index contributed by atoms with van der Waals surface area (Å²) in [4.78, 5) is 28.0. The van der Waals surface area contributed by atoms with Crippen LogP contribution < -0.4 is 16.0 Å². The lowest BCUT2D eigenvalue weighted by Crippen LogP contribution is -2.32. The first-order valence-electron chi connectivity index (χ1n) is 6.70. The molecule has 0 radical (unpaired) electrons. The minimum atomic E-state index is 0.0902. The second-order valence-corrected chi connectivity index (χ2v) is 4.69. The average Bonchev–Trinajstić information content (AvgIpc) is 3.16. The maximum absolute atomic E-state index is 11.2. The van der Waals surface area contributed by atoms with Crippen LogP contribution in [0.25, 0.3) is 5.95 Å². The van der Waals surface area contributed by atoms with Crippen molar-refractivity contribution in [2.45, 2.75) is 18.9 Å². The fourth-order valence-electron chi connectivity index (χ4n) is 2.09. The highest BCUT2D eigenvalue weighted by Gasteiger charge is 2.20. The molecule has 3 heterocycles. The second-order valence-electron chi connectivity index (χ2n) is 4.69. The summed E-state index contributed by atoms with van der Waals surface area (Å²) in [6.45, 7) is 0.586. The van der Waals surface area contributed by atoms with Gasteiger partial charge in [-0.25, -0.2) is 4.98 Å². The zero-order valence-corrected chi connectivity index (χ0v) is 11.6. The van der Waals surface area contributed by atoms with Gasteiger partial charge in [-0.3, -0.25) is 9.36 Å². The number of amides is 1. The standard InChI is InChI=1S/C12H16N8O/c1-13-10-17-11(15-6-8-2-3-9(21)16-8)19-12(18-10)20-5-4-14-7-20/h4-5,7-8H,2-3,6H2,1H3,(H,16,21)(H2,13,15,17,18,19). The topological polar surface area (TPSA) is 110 Å². The van der Waals surface area contributed by atoms with Gasteiger partial charge in [0.15, 0.2) is 0 Å². The van der Waals surface area contributed by atoms with Crippen LogP contribution in [0.4, 0.5) is 11.9 Å². The Kier molecular flexibility index (Phi) is 3.63. The highest BCUT2D eigenvalue weighted by molar-refractivity contribution is 5.78. The minimum absolute atomic E-state index is 0.0902. The van der Waals surface area contributed by atoms with Gasteiger partial charge in [-0.1, -0.05) is 0 Å². The van der Waals surface area contributed by atoms with Gasteiger partial charge in [0, 0.05) is 38.4 Å². The molecule has 2 aromatic rings. The molecule has 0 aromatic carbocycles. The third-order valence-corrected chi connectivity index (χ3v) is 3.17. The number of aromatic nitrogens is 5. The van der Waals surface area contributed by atoms with Crippen LogP contribution in [0.15, 0.2) is 18.7 Å². The maximum atomic E-state index is 11.2. The SMILES string of the molecule is CNc1nc(NCC2CCC(=O)N2)nc(-n2ccnc2)n1. The number of carbonyl (C=O) groups excluding carboxylic acids is 1. The Hall–Kier alpha value is -2.71. The molecule has 0 bridgehead atoms. The second kappa shape index (κ2) is 5.73. The third-order valence-electron chi connectivity index (χ3n) is 3.17. The summed E-state index contributed by atoms with van der Waals surface area (Å²) in [6, 6.07) is 0.115. The van der Waals surface area contributed by atoms with Gasteiger partial charge in [0.05, 0.1) is 0 Å². The summed E-state index contributed by atoms with van der Waals surface area (Å²) in [7, 11) is 1.74. The molecule has 1 unspecified atom stereocenters. The summed E-state index contributed by atoms with van der Waals surface area (Å²) < 4.78 is 1.70. The molecule has 2 aromatic heterocycles. The molecule has 1 fully saturated rings. The van der Waals surface area contributed by atoms with E-state index in [1.807, 2.05) is 0 Å². The molecule has 9 heteroatoms. The average molecular weight is 288 g/mol. The molecule has 1 aliphatic rings. The van der Waals surface area contributed by atoms with Crippen LogP contribution in [0.3, 0.4) is 0 Å². The van der Waals surface area contributed by atoms with Crippen LogP contribution in [0.5, 0.6) is 0 Å². The Labute approximate surface area is 121 Å². The normalized spacial score (nSPS) is 17.6. The van der Waals surface area contributed by atoms with Crippen molar-refractivity contribution in [2.75, 3.05) is 24.2 Å². The molecule has 21 heavy (non-hydrogen) atoms. The fraction of sp³-hybridized carbons (Fsp3) is 0.417. The van der Waals surface area contributed by atoms with Gasteiger partial charge in [0.25, 0.3) is 0 Å².